The number of amides is 1. The fourth-order valence-corrected chi connectivity index (χ4v) is 4.91. The molecule has 5 rings (SSSR count). The van der Waals surface area contributed by atoms with Crippen LogP contribution in [0.4, 0.5) is 0 Å². The molecule has 1 saturated heterocycles. The number of likely N-dealkylation sites (tertiary alicyclic amines) is 1. The van der Waals surface area contributed by atoms with E-state index in [1.165, 1.54) is 0 Å². The highest BCUT2D eigenvalue weighted by Gasteiger charge is 2.23. The van der Waals surface area contributed by atoms with Crippen molar-refractivity contribution in [3.05, 3.63) is 100 Å². The summed E-state index contributed by atoms with van der Waals surface area (Å²) in [7, 11) is 1.94. The number of pyridine rings is 1. The summed E-state index contributed by atoms with van der Waals surface area (Å²) in [4.78, 5) is 23.9. The Hall–Kier alpha value is -3.68. The molecule has 1 amide bonds. The van der Waals surface area contributed by atoms with Crippen molar-refractivity contribution in [3.63, 3.8) is 0 Å². The van der Waals surface area contributed by atoms with Crippen LogP contribution in [-0.2, 0) is 13.0 Å². The lowest BCUT2D eigenvalue weighted by Crippen LogP contribution is -2.46. The molecule has 0 saturated carbocycles. The molecule has 1 atom stereocenters. The van der Waals surface area contributed by atoms with Crippen molar-refractivity contribution >= 4 is 17.5 Å². The van der Waals surface area contributed by atoms with E-state index in [0.717, 1.165) is 60.0 Å². The first-order chi connectivity index (χ1) is 18.5. The zero-order valence-corrected chi connectivity index (χ0v) is 22.4. The van der Waals surface area contributed by atoms with Crippen molar-refractivity contribution in [2.24, 2.45) is 0 Å². The van der Waals surface area contributed by atoms with Crippen LogP contribution in [0, 0.1) is 6.92 Å². The van der Waals surface area contributed by atoms with Gasteiger partial charge in [-0.3, -0.25) is 9.78 Å². The highest BCUT2D eigenvalue weighted by molar-refractivity contribution is 6.30. The molecule has 0 unspecified atom stereocenters. The number of carbonyl (C=O) groups is 1. The number of aryl methyl sites for hydroxylation is 1. The molecule has 0 spiro atoms. The number of likely N-dealkylation sites (N-methyl/N-ethyl adjacent to an activating group) is 1. The van der Waals surface area contributed by atoms with Crippen molar-refractivity contribution in [2.45, 2.75) is 38.8 Å². The van der Waals surface area contributed by atoms with Crippen molar-refractivity contribution < 1.29 is 13.9 Å². The maximum absolute atomic E-state index is 12.8. The van der Waals surface area contributed by atoms with Crippen LogP contribution < -0.4 is 10.1 Å². The summed E-state index contributed by atoms with van der Waals surface area (Å²) in [5.41, 5.74) is 4.18. The summed E-state index contributed by atoms with van der Waals surface area (Å²) in [5.74, 6) is 2.16. The fourth-order valence-electron chi connectivity index (χ4n) is 4.70. The van der Waals surface area contributed by atoms with Gasteiger partial charge >= 0.3 is 0 Å². The van der Waals surface area contributed by atoms with E-state index in [0.29, 0.717) is 35.5 Å². The van der Waals surface area contributed by atoms with E-state index in [4.69, 9.17) is 25.7 Å². The number of hydrogen-bond donors (Lipinski definition) is 1. The second-order valence-corrected chi connectivity index (χ2v) is 9.99. The van der Waals surface area contributed by atoms with Gasteiger partial charge in [-0.25, -0.2) is 4.98 Å². The number of rotatable bonds is 8. The topological polar surface area (TPSA) is 80.5 Å². The Bertz CT molecular complexity index is 1390. The van der Waals surface area contributed by atoms with Gasteiger partial charge in [0.15, 0.2) is 5.89 Å². The molecule has 0 aliphatic carbocycles. The summed E-state index contributed by atoms with van der Waals surface area (Å²) in [5, 5.41) is 3.97. The molecule has 1 fully saturated rings. The second-order valence-electron chi connectivity index (χ2n) is 9.55. The second kappa shape index (κ2) is 11.8. The summed E-state index contributed by atoms with van der Waals surface area (Å²) >= 11 is 6.10. The van der Waals surface area contributed by atoms with Crippen LogP contribution in [0.5, 0.6) is 5.75 Å². The maximum Gasteiger partial charge on any atom is 0.255 e. The van der Waals surface area contributed by atoms with Crippen molar-refractivity contribution in [1.29, 1.82) is 0 Å². The van der Waals surface area contributed by atoms with Crippen molar-refractivity contribution in [2.75, 3.05) is 20.1 Å². The third-order valence-electron chi connectivity index (χ3n) is 6.79. The Morgan fingerprint density at radius 2 is 2.03 bits per heavy atom. The smallest absolute Gasteiger partial charge is 0.255 e. The molecule has 3 heterocycles. The largest absolute Gasteiger partial charge is 0.487 e. The minimum absolute atomic E-state index is 0.0272. The maximum atomic E-state index is 12.8. The molecule has 2 aromatic heterocycles. The summed E-state index contributed by atoms with van der Waals surface area (Å²) in [6, 6.07) is 19.5. The minimum Gasteiger partial charge on any atom is -0.487 e. The number of nitrogens with one attached hydrogen (secondary N) is 1. The zero-order chi connectivity index (χ0) is 26.5. The average Bonchev–Trinajstić information content (AvgIpc) is 3.31. The van der Waals surface area contributed by atoms with E-state index in [2.05, 4.69) is 10.3 Å². The Kier molecular flexibility index (Phi) is 8.05. The van der Waals surface area contributed by atoms with E-state index in [-0.39, 0.29) is 5.91 Å². The molecule has 1 N–H and O–H groups in total. The van der Waals surface area contributed by atoms with Crippen LogP contribution in [0.3, 0.4) is 0 Å². The summed E-state index contributed by atoms with van der Waals surface area (Å²) < 4.78 is 11.8. The standard InChI is InChI=1S/C30H31ClN4O3/c1-20-29(34-28(38-20)16-21-5-3-6-24(31)15-21)22-9-12-27(13-10-22)37-19-26-11-8-23(17-33-26)30(36)35-14-4-7-25(18-35)32-2/h3,5-6,8-13,15,17,25,32H,4,7,14,16,18-19H2,1-2H3/t25-/m0/s1. The summed E-state index contributed by atoms with van der Waals surface area (Å²) in [6.07, 6.45) is 4.32. The van der Waals surface area contributed by atoms with E-state index in [1.807, 2.05) is 79.5 Å². The number of nitrogens with zero attached hydrogens (tertiary/aromatic N) is 3. The first-order valence-corrected chi connectivity index (χ1v) is 13.2. The highest BCUT2D eigenvalue weighted by atomic mass is 35.5. The van der Waals surface area contributed by atoms with E-state index < -0.39 is 0 Å². The van der Waals surface area contributed by atoms with Gasteiger partial charge in [0.05, 0.1) is 11.3 Å². The van der Waals surface area contributed by atoms with Crippen molar-refractivity contribution in [3.8, 4) is 17.0 Å². The lowest BCUT2D eigenvalue weighted by molar-refractivity contribution is 0.0697. The Morgan fingerprint density at radius 3 is 2.76 bits per heavy atom. The number of carbonyl (C=O) groups excluding carboxylic acids is 1. The number of piperidine rings is 1. The monoisotopic (exact) mass is 530 g/mol. The first-order valence-electron chi connectivity index (χ1n) is 12.8. The minimum atomic E-state index is 0.0272. The number of oxazole rings is 1. The van der Waals surface area contributed by atoms with Crippen LogP contribution >= 0.6 is 11.6 Å². The van der Waals surface area contributed by atoms with Crippen LogP contribution in [0.25, 0.3) is 11.3 Å². The molecule has 38 heavy (non-hydrogen) atoms. The third-order valence-corrected chi connectivity index (χ3v) is 7.02. The van der Waals surface area contributed by atoms with Gasteiger partial charge in [-0.1, -0.05) is 23.7 Å². The average molecular weight is 531 g/mol. The van der Waals surface area contributed by atoms with Crippen molar-refractivity contribution in [1.82, 2.24) is 20.2 Å². The molecule has 1 aliphatic rings. The normalized spacial score (nSPS) is 15.4. The molecular weight excluding hydrogens is 500 g/mol. The quantitative estimate of drug-likeness (QED) is 0.315. The van der Waals surface area contributed by atoms with Gasteiger partial charge in [0.1, 0.15) is 23.8 Å². The SMILES string of the molecule is CN[C@H]1CCCN(C(=O)c2ccc(COc3ccc(-c4nc(Cc5cccc(Cl)c5)oc4C)cc3)nc2)C1. The first kappa shape index (κ1) is 25.9. The highest BCUT2D eigenvalue weighted by Crippen LogP contribution is 2.27. The molecule has 0 bridgehead atoms. The Balaban J connectivity index is 1.17. The van der Waals surface area contributed by atoms with E-state index in [1.54, 1.807) is 6.20 Å². The van der Waals surface area contributed by atoms with Gasteiger partial charge < -0.3 is 19.4 Å². The molecule has 1 aliphatic heterocycles. The van der Waals surface area contributed by atoms with Gasteiger partial charge in [-0.2, -0.15) is 0 Å². The lowest BCUT2D eigenvalue weighted by Gasteiger charge is -2.32. The molecule has 196 valence electrons. The van der Waals surface area contributed by atoms with Gasteiger partial charge in [-0.15, -0.1) is 0 Å². The van der Waals surface area contributed by atoms with E-state index >= 15 is 0 Å². The molecule has 8 heteroatoms. The number of hydrogen-bond acceptors (Lipinski definition) is 6. The predicted molar refractivity (Wildman–Crippen MR) is 147 cm³/mol. The third kappa shape index (κ3) is 6.23. The number of benzene rings is 2. The molecular formula is C30H31ClN4O3. The van der Waals surface area contributed by atoms with Gasteiger partial charge in [-0.05, 0) is 80.9 Å². The van der Waals surface area contributed by atoms with Gasteiger partial charge in [0.25, 0.3) is 5.91 Å². The molecule has 4 aromatic rings. The summed E-state index contributed by atoms with van der Waals surface area (Å²) in [6.45, 7) is 3.74. The predicted octanol–water partition coefficient (Wildman–Crippen LogP) is 5.69. The lowest BCUT2D eigenvalue weighted by atomic mass is 10.1. The van der Waals surface area contributed by atoms with Crippen LogP contribution in [0.2, 0.25) is 5.02 Å². The number of aromatic nitrogens is 2. The van der Waals surface area contributed by atoms with Gasteiger partial charge in [0, 0.05) is 42.3 Å². The fraction of sp³-hybridized carbons (Fsp3) is 0.300. The van der Waals surface area contributed by atoms with Gasteiger partial charge in [0.2, 0.25) is 0 Å². The number of halogens is 1. The Morgan fingerprint density at radius 1 is 1.18 bits per heavy atom. The van der Waals surface area contributed by atoms with Crippen LogP contribution in [0.1, 0.15) is 46.1 Å². The van der Waals surface area contributed by atoms with E-state index in [9.17, 15) is 4.79 Å². The van der Waals surface area contributed by atoms with Crippen LogP contribution in [-0.4, -0.2) is 47.0 Å². The van der Waals surface area contributed by atoms with Crippen LogP contribution in [0.15, 0.2) is 71.3 Å². The zero-order valence-electron chi connectivity index (χ0n) is 21.6. The molecule has 7 nitrogen and oxygen atoms in total. The Labute approximate surface area is 227 Å². The molecule has 0 radical (unpaired) electrons. The molecule has 2 aromatic carbocycles. The number of ether oxygens (including phenoxy) is 1.